The maximum absolute atomic E-state index is 10.9. The third-order valence-corrected chi connectivity index (χ3v) is 3.28. The molecule has 2 rings (SSSR count). The van der Waals surface area contributed by atoms with Crippen LogP contribution in [0.2, 0.25) is 5.02 Å². The Morgan fingerprint density at radius 1 is 1.32 bits per heavy atom. The highest BCUT2D eigenvalue weighted by Crippen LogP contribution is 2.31. The second-order valence-electron chi connectivity index (χ2n) is 6.02. The number of carbonyl (C=O) groups is 2. The normalized spacial score (nSPS) is 14.1. The lowest BCUT2D eigenvalue weighted by atomic mass is 10.2. The highest BCUT2D eigenvalue weighted by Gasteiger charge is 2.17. The number of nitrogens with two attached hydrogens (primary N) is 1. The summed E-state index contributed by atoms with van der Waals surface area (Å²) >= 11 is 6.09. The number of amides is 1. The van der Waals surface area contributed by atoms with Gasteiger partial charge in [-0.25, -0.2) is 4.79 Å². The summed E-state index contributed by atoms with van der Waals surface area (Å²) in [6.45, 7) is 7.29. The Bertz CT molecular complexity index is 521. The molecule has 1 amide bonds. The summed E-state index contributed by atoms with van der Waals surface area (Å²) in [5.74, 6) is 0. The van der Waals surface area contributed by atoms with Crippen molar-refractivity contribution in [3.05, 3.63) is 28.8 Å². The van der Waals surface area contributed by atoms with Gasteiger partial charge in [-0.05, 0) is 45.7 Å². The molecule has 1 aliphatic rings. The maximum atomic E-state index is 10.9. The van der Waals surface area contributed by atoms with Gasteiger partial charge in [0, 0.05) is 18.7 Å². The number of halogens is 1. The van der Waals surface area contributed by atoms with E-state index in [9.17, 15) is 9.59 Å². The van der Waals surface area contributed by atoms with Crippen molar-refractivity contribution >= 4 is 29.7 Å². The van der Waals surface area contributed by atoms with Gasteiger partial charge in [0.05, 0.1) is 10.7 Å². The molecule has 0 radical (unpaired) electrons. The SMILES string of the molecule is CC(C)(C)OC(N)=O.O=Cc1cccc(Cl)c1N1CCCC1. The molecule has 22 heavy (non-hydrogen) atoms. The van der Waals surface area contributed by atoms with Gasteiger partial charge >= 0.3 is 6.09 Å². The Morgan fingerprint density at radius 3 is 2.32 bits per heavy atom. The topological polar surface area (TPSA) is 72.6 Å². The molecule has 1 heterocycles. The van der Waals surface area contributed by atoms with Gasteiger partial charge in [0.1, 0.15) is 5.60 Å². The Kier molecular flexibility index (Phi) is 6.68. The molecule has 1 aromatic rings. The molecule has 0 atom stereocenters. The smallest absolute Gasteiger partial charge is 0.405 e. The van der Waals surface area contributed by atoms with Crippen molar-refractivity contribution in [2.45, 2.75) is 39.2 Å². The zero-order valence-electron chi connectivity index (χ0n) is 13.3. The first-order valence-electron chi connectivity index (χ1n) is 7.21. The Hall–Kier alpha value is -1.75. The van der Waals surface area contributed by atoms with E-state index < -0.39 is 11.7 Å². The van der Waals surface area contributed by atoms with E-state index in [0.717, 1.165) is 25.1 Å². The van der Waals surface area contributed by atoms with Gasteiger partial charge < -0.3 is 15.4 Å². The van der Waals surface area contributed by atoms with Crippen molar-refractivity contribution in [2.24, 2.45) is 5.73 Å². The molecule has 1 saturated heterocycles. The number of rotatable bonds is 2. The summed E-state index contributed by atoms with van der Waals surface area (Å²) in [4.78, 5) is 23.1. The van der Waals surface area contributed by atoms with Crippen LogP contribution in [0.1, 0.15) is 44.0 Å². The van der Waals surface area contributed by atoms with Crippen molar-refractivity contribution in [1.29, 1.82) is 0 Å². The molecule has 0 bridgehead atoms. The number of primary amides is 1. The highest BCUT2D eigenvalue weighted by molar-refractivity contribution is 6.33. The minimum atomic E-state index is -0.725. The monoisotopic (exact) mass is 326 g/mol. The molecule has 122 valence electrons. The van der Waals surface area contributed by atoms with Gasteiger partial charge in [-0.3, -0.25) is 4.79 Å². The summed E-state index contributed by atoms with van der Waals surface area (Å²) in [5, 5.41) is 0.677. The van der Waals surface area contributed by atoms with E-state index in [-0.39, 0.29) is 0 Å². The first kappa shape index (κ1) is 18.3. The fourth-order valence-electron chi connectivity index (χ4n) is 2.20. The molecule has 0 saturated carbocycles. The summed E-state index contributed by atoms with van der Waals surface area (Å²) in [5.41, 5.74) is 5.86. The summed E-state index contributed by atoms with van der Waals surface area (Å²) in [6.07, 6.45) is 2.52. The van der Waals surface area contributed by atoms with Crippen molar-refractivity contribution in [3.63, 3.8) is 0 Å². The van der Waals surface area contributed by atoms with Crippen molar-refractivity contribution in [2.75, 3.05) is 18.0 Å². The second-order valence-corrected chi connectivity index (χ2v) is 6.43. The number of anilines is 1. The summed E-state index contributed by atoms with van der Waals surface area (Å²) in [7, 11) is 0. The Morgan fingerprint density at radius 2 is 1.91 bits per heavy atom. The molecule has 0 spiro atoms. The first-order chi connectivity index (χ1) is 10.2. The summed E-state index contributed by atoms with van der Waals surface area (Å²) < 4.78 is 4.58. The third kappa shape index (κ3) is 5.93. The van der Waals surface area contributed by atoms with Crippen LogP contribution in [-0.2, 0) is 4.74 Å². The van der Waals surface area contributed by atoms with E-state index >= 15 is 0 Å². The Labute approximate surface area is 136 Å². The number of hydrogen-bond acceptors (Lipinski definition) is 4. The van der Waals surface area contributed by atoms with Crippen LogP contribution in [0, 0.1) is 0 Å². The predicted molar refractivity (Wildman–Crippen MR) is 88.7 cm³/mol. The number of hydrogen-bond donors (Lipinski definition) is 1. The van der Waals surface area contributed by atoms with Gasteiger partial charge in [0.15, 0.2) is 6.29 Å². The molecule has 0 aromatic heterocycles. The van der Waals surface area contributed by atoms with Crippen LogP contribution in [0.3, 0.4) is 0 Å². The van der Waals surface area contributed by atoms with E-state index in [1.807, 2.05) is 18.2 Å². The van der Waals surface area contributed by atoms with Crippen LogP contribution in [0.5, 0.6) is 0 Å². The average Bonchev–Trinajstić information content (AvgIpc) is 2.89. The predicted octanol–water partition coefficient (Wildman–Crippen LogP) is 3.63. The van der Waals surface area contributed by atoms with Gasteiger partial charge in [-0.15, -0.1) is 0 Å². The molecular weight excluding hydrogens is 304 g/mol. The summed E-state index contributed by atoms with van der Waals surface area (Å²) in [6, 6.07) is 5.46. The number of aldehydes is 1. The maximum Gasteiger partial charge on any atom is 0.405 e. The molecular formula is C16H23ClN2O3. The van der Waals surface area contributed by atoms with Crippen LogP contribution in [-0.4, -0.2) is 31.1 Å². The fraction of sp³-hybridized carbons (Fsp3) is 0.500. The van der Waals surface area contributed by atoms with E-state index in [1.54, 1.807) is 20.8 Å². The molecule has 1 fully saturated rings. The van der Waals surface area contributed by atoms with Crippen LogP contribution in [0.4, 0.5) is 10.5 Å². The largest absolute Gasteiger partial charge is 0.444 e. The van der Waals surface area contributed by atoms with Crippen molar-refractivity contribution < 1.29 is 14.3 Å². The molecule has 2 N–H and O–H groups in total. The van der Waals surface area contributed by atoms with Crippen LogP contribution < -0.4 is 10.6 Å². The van der Waals surface area contributed by atoms with Crippen molar-refractivity contribution in [3.8, 4) is 0 Å². The van der Waals surface area contributed by atoms with Crippen molar-refractivity contribution in [1.82, 2.24) is 0 Å². The van der Waals surface area contributed by atoms with E-state index in [1.165, 1.54) is 12.8 Å². The lowest BCUT2D eigenvalue weighted by molar-refractivity contribution is 0.0600. The quantitative estimate of drug-likeness (QED) is 0.842. The van der Waals surface area contributed by atoms with Gasteiger partial charge in [-0.2, -0.15) is 0 Å². The van der Waals surface area contributed by atoms with Gasteiger partial charge in [-0.1, -0.05) is 17.7 Å². The minimum absolute atomic E-state index is 0.453. The standard InChI is InChI=1S/C11H12ClNO.C5H11NO2/c12-10-5-3-4-9(8-14)11(10)13-6-1-2-7-13;1-5(2,3)8-4(6)7/h3-5,8H,1-2,6-7H2;1-3H3,(H2,6,7). The number of ether oxygens (including phenoxy) is 1. The second kappa shape index (κ2) is 8.03. The molecule has 6 heteroatoms. The van der Waals surface area contributed by atoms with Crippen LogP contribution in [0.15, 0.2) is 18.2 Å². The van der Waals surface area contributed by atoms with E-state index in [0.29, 0.717) is 10.6 Å². The first-order valence-corrected chi connectivity index (χ1v) is 7.59. The minimum Gasteiger partial charge on any atom is -0.444 e. The number of nitrogens with zero attached hydrogens (tertiary/aromatic N) is 1. The lowest BCUT2D eigenvalue weighted by Gasteiger charge is -2.20. The molecule has 5 nitrogen and oxygen atoms in total. The zero-order chi connectivity index (χ0) is 16.8. The lowest BCUT2D eigenvalue weighted by Crippen LogP contribution is -2.27. The Balaban J connectivity index is 0.000000261. The highest BCUT2D eigenvalue weighted by atomic mass is 35.5. The molecule has 0 aliphatic carbocycles. The van der Waals surface area contributed by atoms with Crippen LogP contribution >= 0.6 is 11.6 Å². The van der Waals surface area contributed by atoms with Gasteiger partial charge in [0.25, 0.3) is 0 Å². The molecule has 1 aromatic carbocycles. The van der Waals surface area contributed by atoms with Crippen LogP contribution in [0.25, 0.3) is 0 Å². The average molecular weight is 327 g/mol. The molecule has 1 aliphatic heterocycles. The number of carbonyl (C=O) groups excluding carboxylic acids is 2. The van der Waals surface area contributed by atoms with E-state index in [4.69, 9.17) is 17.3 Å². The zero-order valence-corrected chi connectivity index (χ0v) is 14.0. The third-order valence-electron chi connectivity index (χ3n) is 2.97. The molecule has 0 unspecified atom stereocenters. The number of benzene rings is 1. The van der Waals surface area contributed by atoms with E-state index in [2.05, 4.69) is 9.64 Å². The van der Waals surface area contributed by atoms with Gasteiger partial charge in [0.2, 0.25) is 0 Å². The number of para-hydroxylation sites is 1. The fourth-order valence-corrected chi connectivity index (χ4v) is 2.50.